The van der Waals surface area contributed by atoms with Crippen LogP contribution < -0.4 is 15.0 Å². The molecule has 6 rings (SSSR count). The van der Waals surface area contributed by atoms with Gasteiger partial charge in [-0.25, -0.2) is 0 Å². The predicted molar refractivity (Wildman–Crippen MR) is 151 cm³/mol. The molecule has 0 amide bonds. The molecule has 5 nitrogen and oxygen atoms in total. The van der Waals surface area contributed by atoms with Crippen LogP contribution in [-0.2, 0) is 0 Å². The van der Waals surface area contributed by atoms with E-state index in [4.69, 9.17) is 44.6 Å². The van der Waals surface area contributed by atoms with Gasteiger partial charge in [0.2, 0.25) is 0 Å². The largest absolute Gasteiger partial charge is 0.490 e. The Labute approximate surface area is 231 Å². The number of benzene rings is 2. The molecular formula is C29H25Cl2N3O2S. The number of halogens is 2. The maximum atomic E-state index is 6.47. The Hall–Kier alpha value is -3.06. The van der Waals surface area contributed by atoms with Crippen molar-refractivity contribution in [3.05, 3.63) is 100 Å². The zero-order chi connectivity index (χ0) is 25.4. The lowest BCUT2D eigenvalue weighted by Crippen LogP contribution is -2.29. The number of anilines is 1. The van der Waals surface area contributed by atoms with Crippen LogP contribution in [0.25, 0.3) is 11.3 Å². The van der Waals surface area contributed by atoms with Crippen molar-refractivity contribution in [1.29, 1.82) is 0 Å². The van der Waals surface area contributed by atoms with Crippen LogP contribution >= 0.6 is 35.4 Å². The molecule has 2 aliphatic rings. The molecule has 8 heteroatoms. The third-order valence-electron chi connectivity index (χ3n) is 6.93. The number of furan rings is 1. The number of rotatable bonds is 6. The first-order valence-corrected chi connectivity index (χ1v) is 13.6. The fourth-order valence-electron chi connectivity index (χ4n) is 5.15. The molecule has 37 heavy (non-hydrogen) atoms. The van der Waals surface area contributed by atoms with Crippen molar-refractivity contribution in [2.24, 2.45) is 0 Å². The number of ether oxygens (including phenoxy) is 1. The molecule has 1 aliphatic heterocycles. The molecule has 3 heterocycles. The van der Waals surface area contributed by atoms with Gasteiger partial charge in [-0.15, -0.1) is 0 Å². The zero-order valence-corrected chi connectivity index (χ0v) is 22.3. The van der Waals surface area contributed by atoms with Crippen molar-refractivity contribution in [1.82, 2.24) is 10.3 Å². The standard InChI is InChI=1S/C29H25Cl2N3O2S/c30-18-8-13-22(23(31)17-18)25-14-15-26(36-25)28-27(24-7-3-4-16-32-24)33-29(37)34(28)19-9-11-21(12-10-19)35-20-5-1-2-6-20/h3-4,7-17,20,27-28H,1-2,5-6H2,(H,33,37)/t27-,28+/m0/s1. The van der Waals surface area contributed by atoms with Gasteiger partial charge in [0.1, 0.15) is 23.3 Å². The van der Waals surface area contributed by atoms with E-state index < -0.39 is 0 Å². The van der Waals surface area contributed by atoms with Gasteiger partial charge in [0.25, 0.3) is 0 Å². The number of aromatic nitrogens is 1. The molecule has 0 radical (unpaired) electrons. The second-order valence-electron chi connectivity index (χ2n) is 9.34. The first kappa shape index (κ1) is 24.3. The molecule has 188 valence electrons. The molecule has 2 fully saturated rings. The van der Waals surface area contributed by atoms with Gasteiger partial charge in [0, 0.05) is 22.5 Å². The SMILES string of the molecule is S=C1N[C@@H](c2ccccn2)[C@@H](c2ccc(-c3ccc(Cl)cc3Cl)o2)N1c1ccc(OC2CCCC2)cc1. The lowest BCUT2D eigenvalue weighted by Gasteiger charge is -2.26. The summed E-state index contributed by atoms with van der Waals surface area (Å²) in [6.45, 7) is 0. The fourth-order valence-corrected chi connectivity index (χ4v) is 6.00. The van der Waals surface area contributed by atoms with Crippen LogP contribution in [0.2, 0.25) is 10.0 Å². The number of thiocarbonyl (C=S) groups is 1. The summed E-state index contributed by atoms with van der Waals surface area (Å²) in [6.07, 6.45) is 6.81. The Kier molecular flexibility index (Phi) is 6.80. The average molecular weight is 551 g/mol. The van der Waals surface area contributed by atoms with Crippen molar-refractivity contribution in [3.63, 3.8) is 0 Å². The third-order valence-corrected chi connectivity index (χ3v) is 7.80. The lowest BCUT2D eigenvalue weighted by molar-refractivity contribution is 0.210. The van der Waals surface area contributed by atoms with Crippen LogP contribution in [0.3, 0.4) is 0 Å². The third kappa shape index (κ3) is 4.93. The van der Waals surface area contributed by atoms with E-state index in [-0.39, 0.29) is 12.1 Å². The predicted octanol–water partition coefficient (Wildman–Crippen LogP) is 8.15. The highest BCUT2D eigenvalue weighted by molar-refractivity contribution is 7.80. The van der Waals surface area contributed by atoms with E-state index in [9.17, 15) is 0 Å². The Morgan fingerprint density at radius 3 is 2.51 bits per heavy atom. The molecule has 1 saturated heterocycles. The second-order valence-corrected chi connectivity index (χ2v) is 10.6. The van der Waals surface area contributed by atoms with Crippen LogP contribution in [-0.4, -0.2) is 16.2 Å². The van der Waals surface area contributed by atoms with Gasteiger partial charge >= 0.3 is 0 Å². The average Bonchev–Trinajstić information content (AvgIpc) is 3.66. The number of pyridine rings is 1. The Balaban J connectivity index is 1.36. The molecule has 2 atom stereocenters. The van der Waals surface area contributed by atoms with Crippen molar-refractivity contribution >= 4 is 46.2 Å². The van der Waals surface area contributed by atoms with Gasteiger partial charge in [-0.1, -0.05) is 29.3 Å². The van der Waals surface area contributed by atoms with Crippen LogP contribution in [0.5, 0.6) is 5.75 Å². The maximum absolute atomic E-state index is 6.47. The molecule has 1 N–H and O–H groups in total. The normalized spacial score (nSPS) is 19.8. The van der Waals surface area contributed by atoms with E-state index in [0.29, 0.717) is 27.0 Å². The molecule has 2 aromatic heterocycles. The van der Waals surface area contributed by atoms with E-state index in [0.717, 1.165) is 41.3 Å². The van der Waals surface area contributed by atoms with E-state index in [2.05, 4.69) is 15.2 Å². The maximum Gasteiger partial charge on any atom is 0.174 e. The molecule has 2 aromatic carbocycles. The summed E-state index contributed by atoms with van der Waals surface area (Å²) >= 11 is 18.4. The van der Waals surface area contributed by atoms with Crippen LogP contribution in [0, 0.1) is 0 Å². The smallest absolute Gasteiger partial charge is 0.174 e. The zero-order valence-electron chi connectivity index (χ0n) is 19.9. The highest BCUT2D eigenvalue weighted by atomic mass is 35.5. The Morgan fingerprint density at radius 1 is 0.973 bits per heavy atom. The van der Waals surface area contributed by atoms with Crippen LogP contribution in [0.15, 0.2) is 83.4 Å². The summed E-state index contributed by atoms with van der Waals surface area (Å²) in [5.74, 6) is 2.29. The summed E-state index contributed by atoms with van der Waals surface area (Å²) < 4.78 is 12.6. The Morgan fingerprint density at radius 2 is 1.78 bits per heavy atom. The second kappa shape index (κ2) is 10.4. The molecule has 0 bridgehead atoms. The van der Waals surface area contributed by atoms with E-state index in [1.54, 1.807) is 18.3 Å². The number of nitrogens with zero attached hydrogens (tertiary/aromatic N) is 2. The van der Waals surface area contributed by atoms with E-state index in [1.165, 1.54) is 12.8 Å². The minimum Gasteiger partial charge on any atom is -0.490 e. The molecule has 0 unspecified atom stereocenters. The first-order chi connectivity index (χ1) is 18.1. The van der Waals surface area contributed by atoms with Gasteiger partial charge in [0.15, 0.2) is 5.11 Å². The topological polar surface area (TPSA) is 50.5 Å². The lowest BCUT2D eigenvalue weighted by atomic mass is 10.0. The summed E-state index contributed by atoms with van der Waals surface area (Å²) in [6, 6.07) is 22.8. The highest BCUT2D eigenvalue weighted by Crippen LogP contribution is 2.44. The van der Waals surface area contributed by atoms with Gasteiger partial charge in [0.05, 0.1) is 22.9 Å². The van der Waals surface area contributed by atoms with Crippen molar-refractivity contribution in [2.45, 2.75) is 43.9 Å². The number of nitrogens with one attached hydrogen (secondary N) is 1. The van der Waals surface area contributed by atoms with Crippen molar-refractivity contribution < 1.29 is 9.15 Å². The minimum absolute atomic E-state index is 0.206. The van der Waals surface area contributed by atoms with Gasteiger partial charge in [-0.05, 0) is 105 Å². The quantitative estimate of drug-likeness (QED) is 0.245. The summed E-state index contributed by atoms with van der Waals surface area (Å²) in [5.41, 5.74) is 2.60. The summed E-state index contributed by atoms with van der Waals surface area (Å²) in [5, 5.41) is 5.18. The molecule has 1 saturated carbocycles. The highest BCUT2D eigenvalue weighted by Gasteiger charge is 2.42. The van der Waals surface area contributed by atoms with Crippen LogP contribution in [0.1, 0.15) is 49.2 Å². The number of hydrogen-bond donors (Lipinski definition) is 1. The number of hydrogen-bond acceptors (Lipinski definition) is 4. The molecular weight excluding hydrogens is 525 g/mol. The summed E-state index contributed by atoms with van der Waals surface area (Å²) in [4.78, 5) is 6.70. The first-order valence-electron chi connectivity index (χ1n) is 12.4. The Bertz CT molecular complexity index is 1400. The van der Waals surface area contributed by atoms with E-state index >= 15 is 0 Å². The fraction of sp³-hybridized carbons (Fsp3) is 0.241. The molecule has 0 spiro atoms. The molecule has 4 aromatic rings. The minimum atomic E-state index is -0.260. The van der Waals surface area contributed by atoms with Crippen molar-refractivity contribution in [2.75, 3.05) is 4.90 Å². The van der Waals surface area contributed by atoms with E-state index in [1.807, 2.05) is 60.7 Å². The van der Waals surface area contributed by atoms with Gasteiger partial charge in [-0.2, -0.15) is 0 Å². The van der Waals surface area contributed by atoms with Crippen LogP contribution in [0.4, 0.5) is 5.69 Å². The van der Waals surface area contributed by atoms with Gasteiger partial charge < -0.3 is 19.4 Å². The van der Waals surface area contributed by atoms with Gasteiger partial charge in [-0.3, -0.25) is 4.98 Å². The molecule has 1 aliphatic carbocycles. The van der Waals surface area contributed by atoms with Crippen molar-refractivity contribution in [3.8, 4) is 17.1 Å². The summed E-state index contributed by atoms with van der Waals surface area (Å²) in [7, 11) is 0. The monoisotopic (exact) mass is 549 g/mol.